The fourth-order valence-corrected chi connectivity index (χ4v) is 1.91. The molecule has 0 unspecified atom stereocenters. The topological polar surface area (TPSA) is 43.8 Å². The molecule has 2 aromatic rings. The van der Waals surface area contributed by atoms with Crippen molar-refractivity contribution in [1.82, 2.24) is 9.55 Å². The van der Waals surface area contributed by atoms with Crippen LogP contribution in [0.4, 0.5) is 0 Å². The summed E-state index contributed by atoms with van der Waals surface area (Å²) in [6.07, 6.45) is 0. The summed E-state index contributed by atoms with van der Waals surface area (Å²) in [5, 5.41) is 0.715. The van der Waals surface area contributed by atoms with E-state index in [0.717, 1.165) is 16.9 Å². The van der Waals surface area contributed by atoms with Crippen LogP contribution in [0.5, 0.6) is 0 Å². The van der Waals surface area contributed by atoms with Gasteiger partial charge in [0, 0.05) is 12.1 Å². The van der Waals surface area contributed by atoms with E-state index >= 15 is 0 Å². The van der Waals surface area contributed by atoms with Gasteiger partial charge in [0.25, 0.3) is 0 Å². The summed E-state index contributed by atoms with van der Waals surface area (Å²) in [6, 6.07) is 5.65. The molecular formula is C11H14ClN3. The predicted molar refractivity (Wildman–Crippen MR) is 62.9 cm³/mol. The third-order valence-corrected chi connectivity index (χ3v) is 2.65. The van der Waals surface area contributed by atoms with Crippen LogP contribution in [0.1, 0.15) is 19.7 Å². The van der Waals surface area contributed by atoms with Crippen LogP contribution < -0.4 is 5.73 Å². The lowest BCUT2D eigenvalue weighted by atomic mass is 10.1. The molecule has 0 saturated heterocycles. The average molecular weight is 224 g/mol. The number of aromatic nitrogens is 2. The van der Waals surface area contributed by atoms with E-state index in [2.05, 4.69) is 4.98 Å². The summed E-state index contributed by atoms with van der Waals surface area (Å²) in [6.45, 7) is 3.88. The lowest BCUT2D eigenvalue weighted by molar-refractivity contribution is 0.498. The molecule has 0 bridgehead atoms. The van der Waals surface area contributed by atoms with Gasteiger partial charge in [-0.2, -0.15) is 0 Å². The molecule has 2 rings (SSSR count). The molecule has 4 heteroatoms. The van der Waals surface area contributed by atoms with Crippen molar-refractivity contribution in [2.24, 2.45) is 12.8 Å². The fourth-order valence-electron chi connectivity index (χ4n) is 1.74. The fraction of sp³-hybridized carbons (Fsp3) is 0.364. The molecule has 0 saturated carbocycles. The molecular weight excluding hydrogens is 210 g/mol. The largest absolute Gasteiger partial charge is 0.330 e. The Morgan fingerprint density at radius 2 is 2.07 bits per heavy atom. The summed E-state index contributed by atoms with van der Waals surface area (Å²) < 4.78 is 1.99. The second-order valence-corrected chi connectivity index (χ2v) is 4.79. The van der Waals surface area contributed by atoms with E-state index in [0.29, 0.717) is 5.02 Å². The maximum absolute atomic E-state index is 6.04. The Labute approximate surface area is 93.9 Å². The van der Waals surface area contributed by atoms with Crippen LogP contribution in [-0.4, -0.2) is 9.55 Å². The molecule has 0 aliphatic carbocycles. The molecule has 0 amide bonds. The van der Waals surface area contributed by atoms with Crippen LogP contribution in [0.25, 0.3) is 11.0 Å². The third-order valence-electron chi connectivity index (χ3n) is 2.42. The first-order valence-corrected chi connectivity index (χ1v) is 5.19. The Kier molecular flexibility index (Phi) is 2.24. The van der Waals surface area contributed by atoms with Crippen LogP contribution in [-0.2, 0) is 12.6 Å². The molecule has 0 fully saturated rings. The highest BCUT2D eigenvalue weighted by Gasteiger charge is 2.21. The van der Waals surface area contributed by atoms with E-state index in [9.17, 15) is 0 Å². The monoisotopic (exact) mass is 223 g/mol. The molecule has 2 N–H and O–H groups in total. The first-order valence-electron chi connectivity index (χ1n) is 4.81. The first kappa shape index (κ1) is 10.5. The molecule has 1 heterocycles. The highest BCUT2D eigenvalue weighted by molar-refractivity contribution is 6.31. The molecule has 0 aliphatic heterocycles. The van der Waals surface area contributed by atoms with E-state index in [1.807, 2.05) is 43.7 Å². The van der Waals surface area contributed by atoms with Gasteiger partial charge in [0.2, 0.25) is 0 Å². The number of nitrogens with zero attached hydrogens (tertiary/aromatic N) is 2. The summed E-state index contributed by atoms with van der Waals surface area (Å²) >= 11 is 5.94. The number of nitrogens with two attached hydrogens (primary N) is 1. The number of aryl methyl sites for hydroxylation is 1. The van der Waals surface area contributed by atoms with Crippen molar-refractivity contribution in [1.29, 1.82) is 0 Å². The Morgan fingerprint density at radius 3 is 2.67 bits per heavy atom. The minimum atomic E-state index is -0.444. The maximum atomic E-state index is 6.04. The van der Waals surface area contributed by atoms with E-state index in [4.69, 9.17) is 17.3 Å². The molecule has 15 heavy (non-hydrogen) atoms. The Bertz CT molecular complexity index is 508. The minimum absolute atomic E-state index is 0.444. The number of benzene rings is 1. The first-order chi connectivity index (χ1) is 6.89. The number of halogens is 1. The van der Waals surface area contributed by atoms with Crippen molar-refractivity contribution in [3.63, 3.8) is 0 Å². The standard InChI is InChI=1S/C11H14ClN3/c1-11(2,13)10-14-8-5-4-7(12)6-9(8)15(10)3/h4-6H,13H2,1-3H3. The predicted octanol–water partition coefficient (Wildman–Crippen LogP) is 2.42. The van der Waals surface area contributed by atoms with Gasteiger partial charge in [-0.1, -0.05) is 11.6 Å². The Morgan fingerprint density at radius 1 is 1.40 bits per heavy atom. The zero-order valence-corrected chi connectivity index (χ0v) is 9.84. The van der Waals surface area contributed by atoms with Crippen LogP contribution in [0.3, 0.4) is 0 Å². The van der Waals surface area contributed by atoms with E-state index in [1.54, 1.807) is 0 Å². The lowest BCUT2D eigenvalue weighted by Gasteiger charge is -2.17. The normalized spacial score (nSPS) is 12.3. The SMILES string of the molecule is Cn1c(C(C)(C)N)nc2ccc(Cl)cc21. The van der Waals surface area contributed by atoms with Crippen LogP contribution in [0.15, 0.2) is 18.2 Å². The molecule has 0 spiro atoms. The Balaban J connectivity index is 2.76. The summed E-state index contributed by atoms with van der Waals surface area (Å²) in [5.74, 6) is 0.861. The molecule has 0 radical (unpaired) electrons. The zero-order chi connectivity index (χ0) is 11.2. The van der Waals surface area contributed by atoms with Gasteiger partial charge in [-0.25, -0.2) is 4.98 Å². The summed E-state index contributed by atoms with van der Waals surface area (Å²) in [5.41, 5.74) is 7.54. The van der Waals surface area contributed by atoms with Gasteiger partial charge < -0.3 is 10.3 Å². The second kappa shape index (κ2) is 3.22. The number of hydrogen-bond acceptors (Lipinski definition) is 2. The second-order valence-electron chi connectivity index (χ2n) is 4.35. The number of imidazole rings is 1. The Hall–Kier alpha value is -1.06. The van der Waals surface area contributed by atoms with Crippen LogP contribution in [0, 0.1) is 0 Å². The minimum Gasteiger partial charge on any atom is -0.330 e. The van der Waals surface area contributed by atoms with Crippen molar-refractivity contribution in [2.45, 2.75) is 19.4 Å². The van der Waals surface area contributed by atoms with Gasteiger partial charge >= 0.3 is 0 Å². The maximum Gasteiger partial charge on any atom is 0.129 e. The van der Waals surface area contributed by atoms with Crippen molar-refractivity contribution in [3.05, 3.63) is 29.0 Å². The van der Waals surface area contributed by atoms with Crippen LogP contribution in [0.2, 0.25) is 5.02 Å². The van der Waals surface area contributed by atoms with Gasteiger partial charge in [0.05, 0.1) is 16.6 Å². The van der Waals surface area contributed by atoms with Crippen molar-refractivity contribution >= 4 is 22.6 Å². The van der Waals surface area contributed by atoms with Crippen molar-refractivity contribution in [2.75, 3.05) is 0 Å². The molecule has 0 atom stereocenters. The highest BCUT2D eigenvalue weighted by atomic mass is 35.5. The molecule has 1 aromatic heterocycles. The molecule has 3 nitrogen and oxygen atoms in total. The van der Waals surface area contributed by atoms with Gasteiger partial charge in [-0.3, -0.25) is 0 Å². The lowest BCUT2D eigenvalue weighted by Crippen LogP contribution is -2.32. The number of hydrogen-bond donors (Lipinski definition) is 1. The summed E-state index contributed by atoms with van der Waals surface area (Å²) in [7, 11) is 1.95. The van der Waals surface area contributed by atoms with E-state index in [1.165, 1.54) is 0 Å². The van der Waals surface area contributed by atoms with E-state index in [-0.39, 0.29) is 0 Å². The van der Waals surface area contributed by atoms with Gasteiger partial charge in [0.1, 0.15) is 5.82 Å². The smallest absolute Gasteiger partial charge is 0.129 e. The molecule has 80 valence electrons. The third kappa shape index (κ3) is 1.73. The number of rotatable bonds is 1. The van der Waals surface area contributed by atoms with Crippen molar-refractivity contribution in [3.8, 4) is 0 Å². The van der Waals surface area contributed by atoms with Gasteiger partial charge in [-0.15, -0.1) is 0 Å². The van der Waals surface area contributed by atoms with Gasteiger partial charge in [0.15, 0.2) is 0 Å². The van der Waals surface area contributed by atoms with Gasteiger partial charge in [-0.05, 0) is 32.0 Å². The van der Waals surface area contributed by atoms with Crippen LogP contribution >= 0.6 is 11.6 Å². The summed E-state index contributed by atoms with van der Waals surface area (Å²) in [4.78, 5) is 4.50. The van der Waals surface area contributed by atoms with E-state index < -0.39 is 5.54 Å². The molecule has 0 aliphatic rings. The average Bonchev–Trinajstić information content (AvgIpc) is 2.43. The quantitative estimate of drug-likeness (QED) is 0.807. The highest BCUT2D eigenvalue weighted by Crippen LogP contribution is 2.24. The zero-order valence-electron chi connectivity index (χ0n) is 9.08. The van der Waals surface area contributed by atoms with Crippen molar-refractivity contribution < 1.29 is 0 Å². The molecule has 1 aromatic carbocycles. The number of fused-ring (bicyclic) bond motifs is 1.